The van der Waals surface area contributed by atoms with Gasteiger partial charge in [0.2, 0.25) is 5.91 Å². The number of halogens is 1. The van der Waals surface area contributed by atoms with Gasteiger partial charge in [-0.15, -0.1) is 12.4 Å². The summed E-state index contributed by atoms with van der Waals surface area (Å²) < 4.78 is 5.15. The van der Waals surface area contributed by atoms with Crippen LogP contribution in [0.15, 0.2) is 4.52 Å². The van der Waals surface area contributed by atoms with Crippen molar-refractivity contribution in [1.82, 2.24) is 10.5 Å². The van der Waals surface area contributed by atoms with Crippen molar-refractivity contribution in [3.63, 3.8) is 0 Å². The Kier molecular flexibility index (Phi) is 5.27. The number of hydrogen-bond donors (Lipinski definition) is 2. The highest BCUT2D eigenvalue weighted by Gasteiger charge is 2.34. The van der Waals surface area contributed by atoms with E-state index in [1.54, 1.807) is 0 Å². The van der Waals surface area contributed by atoms with Crippen molar-refractivity contribution in [1.29, 1.82) is 0 Å². The second kappa shape index (κ2) is 6.79. The summed E-state index contributed by atoms with van der Waals surface area (Å²) in [5.41, 5.74) is 1.61. The van der Waals surface area contributed by atoms with Gasteiger partial charge in [0.15, 0.2) is 5.76 Å². The number of aromatic nitrogens is 1. The molecule has 2 aliphatic heterocycles. The van der Waals surface area contributed by atoms with E-state index in [9.17, 15) is 4.79 Å². The summed E-state index contributed by atoms with van der Waals surface area (Å²) in [6.45, 7) is 3.85. The highest BCUT2D eigenvalue weighted by atomic mass is 35.5. The minimum Gasteiger partial charge on any atom is -0.359 e. The lowest BCUT2D eigenvalue weighted by atomic mass is 9.89. The van der Waals surface area contributed by atoms with Crippen LogP contribution in [0, 0.1) is 12.8 Å². The van der Waals surface area contributed by atoms with Crippen LogP contribution in [0.1, 0.15) is 50.5 Å². The van der Waals surface area contributed by atoms with E-state index in [0.29, 0.717) is 30.2 Å². The Labute approximate surface area is 131 Å². The summed E-state index contributed by atoms with van der Waals surface area (Å²) in [5, 5.41) is 10.6. The number of carbonyl (C=O) groups is 1. The van der Waals surface area contributed by atoms with E-state index in [1.807, 2.05) is 13.8 Å². The van der Waals surface area contributed by atoms with Gasteiger partial charge in [0, 0.05) is 18.5 Å². The molecule has 2 N–H and O–H groups in total. The summed E-state index contributed by atoms with van der Waals surface area (Å²) >= 11 is 0. The monoisotopic (exact) mass is 313 g/mol. The minimum absolute atomic E-state index is 0. The van der Waals surface area contributed by atoms with Gasteiger partial charge in [-0.25, -0.2) is 0 Å². The Bertz CT molecular complexity index is 491. The SMILES string of the molecule is CCc1noc(C)c1NC(=O)CC1CC2CCC(C1)N2.Cl. The van der Waals surface area contributed by atoms with Gasteiger partial charge in [0.25, 0.3) is 0 Å². The van der Waals surface area contributed by atoms with Crippen LogP contribution in [-0.4, -0.2) is 23.1 Å². The van der Waals surface area contributed by atoms with Gasteiger partial charge >= 0.3 is 0 Å². The van der Waals surface area contributed by atoms with Crippen LogP contribution < -0.4 is 10.6 Å². The van der Waals surface area contributed by atoms with Gasteiger partial charge in [-0.3, -0.25) is 4.79 Å². The first-order chi connectivity index (χ1) is 9.65. The van der Waals surface area contributed by atoms with Crippen molar-refractivity contribution in [2.24, 2.45) is 5.92 Å². The van der Waals surface area contributed by atoms with Crippen molar-refractivity contribution in [3.8, 4) is 0 Å². The Morgan fingerprint density at radius 3 is 2.67 bits per heavy atom. The number of nitrogens with one attached hydrogen (secondary N) is 2. The summed E-state index contributed by atoms with van der Waals surface area (Å²) in [6, 6.07) is 1.27. The normalized spacial score (nSPS) is 27.2. The lowest BCUT2D eigenvalue weighted by Gasteiger charge is -2.28. The molecule has 3 heterocycles. The Hall–Kier alpha value is -1.07. The second-order valence-electron chi connectivity index (χ2n) is 6.14. The van der Waals surface area contributed by atoms with E-state index in [4.69, 9.17) is 4.52 Å². The lowest BCUT2D eigenvalue weighted by molar-refractivity contribution is -0.117. The molecule has 118 valence electrons. The predicted molar refractivity (Wildman–Crippen MR) is 83.8 cm³/mol. The third kappa shape index (κ3) is 3.58. The third-order valence-corrected chi connectivity index (χ3v) is 4.58. The van der Waals surface area contributed by atoms with E-state index in [1.165, 1.54) is 12.8 Å². The van der Waals surface area contributed by atoms with Crippen LogP contribution in [0.3, 0.4) is 0 Å². The largest absolute Gasteiger partial charge is 0.359 e. The molecule has 0 radical (unpaired) electrons. The third-order valence-electron chi connectivity index (χ3n) is 4.58. The highest BCUT2D eigenvalue weighted by molar-refractivity contribution is 5.91. The molecule has 0 aliphatic carbocycles. The Morgan fingerprint density at radius 2 is 2.05 bits per heavy atom. The first-order valence-electron chi connectivity index (χ1n) is 7.66. The molecular weight excluding hydrogens is 290 g/mol. The first kappa shape index (κ1) is 16.3. The number of piperidine rings is 1. The van der Waals surface area contributed by atoms with Crippen molar-refractivity contribution in [2.75, 3.05) is 5.32 Å². The number of nitrogens with zero attached hydrogens (tertiary/aromatic N) is 1. The maximum atomic E-state index is 12.2. The standard InChI is InChI=1S/C15H23N3O2.ClH/c1-3-13-15(9(2)20-18-13)17-14(19)8-10-6-11-4-5-12(7-10)16-11;/h10-12,16H,3-8H2,1-2H3,(H,17,19);1H. The fourth-order valence-electron chi connectivity index (χ4n) is 3.61. The maximum Gasteiger partial charge on any atom is 0.224 e. The number of amides is 1. The molecule has 0 spiro atoms. The number of aryl methyl sites for hydroxylation is 2. The molecule has 2 bridgehead atoms. The summed E-state index contributed by atoms with van der Waals surface area (Å²) in [6.07, 6.45) is 6.19. The quantitative estimate of drug-likeness (QED) is 0.897. The molecule has 0 saturated carbocycles. The topological polar surface area (TPSA) is 67.2 Å². The average molecular weight is 314 g/mol. The highest BCUT2D eigenvalue weighted by Crippen LogP contribution is 2.33. The van der Waals surface area contributed by atoms with Crippen LogP contribution in [0.25, 0.3) is 0 Å². The van der Waals surface area contributed by atoms with Crippen LogP contribution in [0.2, 0.25) is 0 Å². The first-order valence-corrected chi connectivity index (χ1v) is 7.66. The molecule has 2 saturated heterocycles. The predicted octanol–water partition coefficient (Wildman–Crippen LogP) is 2.83. The average Bonchev–Trinajstić information content (AvgIpc) is 2.93. The van der Waals surface area contributed by atoms with E-state index in [2.05, 4.69) is 15.8 Å². The Morgan fingerprint density at radius 1 is 1.38 bits per heavy atom. The second-order valence-corrected chi connectivity index (χ2v) is 6.14. The number of hydrogen-bond acceptors (Lipinski definition) is 4. The van der Waals surface area contributed by atoms with E-state index >= 15 is 0 Å². The van der Waals surface area contributed by atoms with Gasteiger partial charge in [0.05, 0.1) is 0 Å². The van der Waals surface area contributed by atoms with Gasteiger partial charge in [-0.2, -0.15) is 0 Å². The molecule has 2 aliphatic rings. The van der Waals surface area contributed by atoms with Gasteiger partial charge in [0.1, 0.15) is 11.4 Å². The minimum atomic E-state index is 0. The molecule has 21 heavy (non-hydrogen) atoms. The summed E-state index contributed by atoms with van der Waals surface area (Å²) in [4.78, 5) is 12.2. The van der Waals surface area contributed by atoms with Crippen LogP contribution in [-0.2, 0) is 11.2 Å². The number of carbonyl (C=O) groups excluding carboxylic acids is 1. The van der Waals surface area contributed by atoms with Gasteiger partial charge < -0.3 is 15.2 Å². The zero-order chi connectivity index (χ0) is 14.1. The van der Waals surface area contributed by atoms with Crippen molar-refractivity contribution in [3.05, 3.63) is 11.5 Å². The maximum absolute atomic E-state index is 12.2. The molecule has 1 aromatic rings. The van der Waals surface area contributed by atoms with Crippen molar-refractivity contribution in [2.45, 2.75) is 64.5 Å². The lowest BCUT2D eigenvalue weighted by Crippen LogP contribution is -2.39. The Balaban J connectivity index is 0.00000161. The van der Waals surface area contributed by atoms with Crippen molar-refractivity contribution < 1.29 is 9.32 Å². The number of anilines is 1. The fourth-order valence-corrected chi connectivity index (χ4v) is 3.61. The smallest absolute Gasteiger partial charge is 0.224 e. The molecule has 3 rings (SSSR count). The zero-order valence-electron chi connectivity index (χ0n) is 12.6. The van der Waals surface area contributed by atoms with Gasteiger partial charge in [-0.1, -0.05) is 12.1 Å². The zero-order valence-corrected chi connectivity index (χ0v) is 13.5. The molecule has 6 heteroatoms. The van der Waals surface area contributed by atoms with Crippen molar-refractivity contribution >= 4 is 24.0 Å². The number of rotatable bonds is 4. The molecule has 1 amide bonds. The molecule has 2 unspecified atom stereocenters. The summed E-state index contributed by atoms with van der Waals surface area (Å²) in [5.74, 6) is 1.30. The van der Waals surface area contributed by atoms with E-state index in [0.717, 1.165) is 30.6 Å². The summed E-state index contributed by atoms with van der Waals surface area (Å²) in [7, 11) is 0. The van der Waals surface area contributed by atoms with Crippen LogP contribution in [0.5, 0.6) is 0 Å². The molecule has 2 fully saturated rings. The molecule has 1 aromatic heterocycles. The molecule has 0 aromatic carbocycles. The van der Waals surface area contributed by atoms with Gasteiger partial charge in [-0.05, 0) is 44.9 Å². The van der Waals surface area contributed by atoms with E-state index < -0.39 is 0 Å². The number of fused-ring (bicyclic) bond motifs is 2. The fraction of sp³-hybridized carbons (Fsp3) is 0.733. The molecule has 2 atom stereocenters. The molecular formula is C15H24ClN3O2. The van der Waals surface area contributed by atoms with Crippen LogP contribution >= 0.6 is 12.4 Å². The van der Waals surface area contributed by atoms with E-state index in [-0.39, 0.29) is 18.3 Å². The molecule has 5 nitrogen and oxygen atoms in total. The van der Waals surface area contributed by atoms with Crippen LogP contribution in [0.4, 0.5) is 5.69 Å².